The van der Waals surface area contributed by atoms with Crippen molar-refractivity contribution in [2.75, 3.05) is 12.4 Å². The van der Waals surface area contributed by atoms with Crippen LogP contribution in [0.15, 0.2) is 18.2 Å². The Morgan fingerprint density at radius 3 is 2.58 bits per heavy atom. The number of hydrogen-bond acceptors (Lipinski definition) is 2. The van der Waals surface area contributed by atoms with Crippen LogP contribution in [0.3, 0.4) is 0 Å². The molecule has 0 spiro atoms. The molecular weight excluding hydrogens is 262 g/mol. The Morgan fingerprint density at radius 2 is 2.00 bits per heavy atom. The number of methoxy groups -OCH3 is 1. The fraction of sp³-hybridized carbons (Fsp3) is 0.538. The van der Waals surface area contributed by atoms with Crippen LogP contribution in [0.1, 0.15) is 26.2 Å². The van der Waals surface area contributed by atoms with Crippen LogP contribution in [0.4, 0.5) is 23.2 Å². The minimum Gasteiger partial charge on any atom is -0.494 e. The van der Waals surface area contributed by atoms with E-state index < -0.39 is 18.4 Å². The summed E-state index contributed by atoms with van der Waals surface area (Å²) < 4.78 is 54.0. The lowest BCUT2D eigenvalue weighted by molar-refractivity contribution is -0.135. The molecule has 0 aliphatic carbocycles. The Morgan fingerprint density at radius 1 is 1.32 bits per heavy atom. The minimum atomic E-state index is -4.11. The van der Waals surface area contributed by atoms with Gasteiger partial charge in [0.1, 0.15) is 0 Å². The molecule has 0 saturated heterocycles. The van der Waals surface area contributed by atoms with Gasteiger partial charge in [-0.1, -0.05) is 0 Å². The molecule has 6 heteroatoms. The second-order valence-electron chi connectivity index (χ2n) is 4.40. The van der Waals surface area contributed by atoms with Gasteiger partial charge in [-0.2, -0.15) is 13.2 Å². The number of rotatable bonds is 6. The third kappa shape index (κ3) is 5.81. The molecule has 1 rings (SSSR count). The first-order chi connectivity index (χ1) is 8.81. The Kier molecular flexibility index (Phi) is 5.44. The summed E-state index contributed by atoms with van der Waals surface area (Å²) in [6, 6.07) is 4.13. The zero-order valence-electron chi connectivity index (χ0n) is 10.9. The lowest BCUT2D eigenvalue weighted by atomic mass is 10.1. The molecule has 0 aliphatic heterocycles. The molecule has 0 fully saturated rings. The van der Waals surface area contributed by atoms with Crippen molar-refractivity contribution in [3.63, 3.8) is 0 Å². The van der Waals surface area contributed by atoms with Gasteiger partial charge in [0.2, 0.25) is 0 Å². The second-order valence-corrected chi connectivity index (χ2v) is 4.40. The number of benzene rings is 1. The van der Waals surface area contributed by atoms with Crippen molar-refractivity contribution in [2.24, 2.45) is 0 Å². The molecule has 0 bridgehead atoms. The average molecular weight is 279 g/mol. The van der Waals surface area contributed by atoms with E-state index in [2.05, 4.69) is 5.32 Å². The Hall–Kier alpha value is -1.46. The normalized spacial score (nSPS) is 13.2. The van der Waals surface area contributed by atoms with E-state index in [4.69, 9.17) is 4.74 Å². The first-order valence-electron chi connectivity index (χ1n) is 5.98. The molecule has 0 aromatic heterocycles. The third-order valence-electron chi connectivity index (χ3n) is 2.66. The highest BCUT2D eigenvalue weighted by atomic mass is 19.4. The highest BCUT2D eigenvalue weighted by molar-refractivity contribution is 5.49. The Balaban J connectivity index is 2.46. The van der Waals surface area contributed by atoms with E-state index in [9.17, 15) is 17.6 Å². The molecule has 19 heavy (non-hydrogen) atoms. The SMILES string of the molecule is COc1cc(NC(C)CCCC(F)(F)F)ccc1F. The molecule has 1 unspecified atom stereocenters. The van der Waals surface area contributed by atoms with Gasteiger partial charge in [-0.3, -0.25) is 0 Å². The fourth-order valence-corrected chi connectivity index (χ4v) is 1.71. The van der Waals surface area contributed by atoms with Crippen molar-refractivity contribution in [1.29, 1.82) is 0 Å². The van der Waals surface area contributed by atoms with Crippen molar-refractivity contribution in [1.82, 2.24) is 0 Å². The smallest absolute Gasteiger partial charge is 0.389 e. The van der Waals surface area contributed by atoms with Crippen molar-refractivity contribution < 1.29 is 22.3 Å². The molecule has 1 aromatic carbocycles. The minimum absolute atomic E-state index is 0.0655. The lowest BCUT2D eigenvalue weighted by Crippen LogP contribution is -2.16. The number of halogens is 4. The van der Waals surface area contributed by atoms with Crippen LogP contribution in [-0.4, -0.2) is 19.3 Å². The number of hydrogen-bond donors (Lipinski definition) is 1. The molecular formula is C13H17F4NO. The van der Waals surface area contributed by atoms with Crippen LogP contribution in [0.25, 0.3) is 0 Å². The summed E-state index contributed by atoms with van der Waals surface area (Å²) in [7, 11) is 1.36. The molecule has 0 amide bonds. The summed E-state index contributed by atoms with van der Waals surface area (Å²) >= 11 is 0. The van der Waals surface area contributed by atoms with Gasteiger partial charge in [0, 0.05) is 24.2 Å². The predicted octanol–water partition coefficient (Wildman–Crippen LogP) is 4.37. The van der Waals surface area contributed by atoms with E-state index in [0.29, 0.717) is 12.1 Å². The Labute approximate surface area is 109 Å². The van der Waals surface area contributed by atoms with Gasteiger partial charge in [0.15, 0.2) is 11.6 Å². The van der Waals surface area contributed by atoms with E-state index in [0.717, 1.165) is 0 Å². The van der Waals surface area contributed by atoms with Gasteiger partial charge in [0.25, 0.3) is 0 Å². The molecule has 2 nitrogen and oxygen atoms in total. The van der Waals surface area contributed by atoms with Crippen LogP contribution in [0.2, 0.25) is 0 Å². The molecule has 0 saturated carbocycles. The van der Waals surface area contributed by atoms with Gasteiger partial charge in [0.05, 0.1) is 7.11 Å². The van der Waals surface area contributed by atoms with E-state index in [1.54, 1.807) is 6.92 Å². The Bertz CT molecular complexity index is 406. The summed E-state index contributed by atoms with van der Waals surface area (Å²) in [5.74, 6) is -0.370. The number of nitrogens with one attached hydrogen (secondary N) is 1. The van der Waals surface area contributed by atoms with Gasteiger partial charge in [-0.25, -0.2) is 4.39 Å². The van der Waals surface area contributed by atoms with Gasteiger partial charge >= 0.3 is 6.18 Å². The maximum atomic E-state index is 13.2. The number of anilines is 1. The predicted molar refractivity (Wildman–Crippen MR) is 65.9 cm³/mol. The highest BCUT2D eigenvalue weighted by Gasteiger charge is 2.26. The molecule has 1 aromatic rings. The third-order valence-corrected chi connectivity index (χ3v) is 2.66. The van der Waals surface area contributed by atoms with E-state index in [-0.39, 0.29) is 18.2 Å². The monoisotopic (exact) mass is 279 g/mol. The quantitative estimate of drug-likeness (QED) is 0.781. The molecule has 1 atom stereocenters. The van der Waals surface area contributed by atoms with E-state index >= 15 is 0 Å². The van der Waals surface area contributed by atoms with Crippen molar-refractivity contribution in [2.45, 2.75) is 38.4 Å². The van der Waals surface area contributed by atoms with E-state index in [1.165, 1.54) is 25.3 Å². The summed E-state index contributed by atoms with van der Waals surface area (Å²) in [6.45, 7) is 1.78. The van der Waals surface area contributed by atoms with Gasteiger partial charge in [-0.05, 0) is 31.9 Å². The molecule has 0 heterocycles. The molecule has 1 N–H and O–H groups in total. The van der Waals surface area contributed by atoms with E-state index in [1.807, 2.05) is 0 Å². The number of alkyl halides is 3. The van der Waals surface area contributed by atoms with Gasteiger partial charge in [-0.15, -0.1) is 0 Å². The van der Waals surface area contributed by atoms with Crippen LogP contribution >= 0.6 is 0 Å². The number of ether oxygens (including phenoxy) is 1. The van der Waals surface area contributed by atoms with Crippen LogP contribution < -0.4 is 10.1 Å². The first-order valence-corrected chi connectivity index (χ1v) is 5.98. The van der Waals surface area contributed by atoms with Crippen molar-refractivity contribution in [3.05, 3.63) is 24.0 Å². The molecule has 108 valence electrons. The van der Waals surface area contributed by atoms with Crippen LogP contribution in [0.5, 0.6) is 5.75 Å². The zero-order valence-corrected chi connectivity index (χ0v) is 10.9. The summed E-state index contributed by atoms with van der Waals surface area (Å²) in [5, 5.41) is 3.02. The summed E-state index contributed by atoms with van der Waals surface area (Å²) in [6.07, 6.45) is -4.44. The maximum absolute atomic E-state index is 13.2. The average Bonchev–Trinajstić information content (AvgIpc) is 2.30. The fourth-order valence-electron chi connectivity index (χ4n) is 1.71. The zero-order chi connectivity index (χ0) is 14.5. The highest BCUT2D eigenvalue weighted by Crippen LogP contribution is 2.25. The lowest BCUT2D eigenvalue weighted by Gasteiger charge is -2.16. The van der Waals surface area contributed by atoms with Crippen LogP contribution in [0, 0.1) is 5.82 Å². The summed E-state index contributed by atoms with van der Waals surface area (Å²) in [5.41, 5.74) is 0.623. The van der Waals surface area contributed by atoms with Crippen molar-refractivity contribution in [3.8, 4) is 5.75 Å². The molecule has 0 radical (unpaired) electrons. The van der Waals surface area contributed by atoms with Crippen molar-refractivity contribution >= 4 is 5.69 Å². The second kappa shape index (κ2) is 6.63. The molecule has 0 aliphatic rings. The standard InChI is InChI=1S/C13H17F4NO/c1-9(4-3-7-13(15,16)17)18-10-5-6-11(14)12(8-10)19-2/h5-6,8-9,18H,3-4,7H2,1-2H3. The topological polar surface area (TPSA) is 21.3 Å². The van der Waals surface area contributed by atoms with Crippen LogP contribution in [-0.2, 0) is 0 Å². The largest absolute Gasteiger partial charge is 0.494 e. The first kappa shape index (κ1) is 15.6. The maximum Gasteiger partial charge on any atom is 0.389 e. The van der Waals surface area contributed by atoms with Gasteiger partial charge < -0.3 is 10.1 Å². The summed E-state index contributed by atoms with van der Waals surface area (Å²) in [4.78, 5) is 0.